The van der Waals surface area contributed by atoms with Crippen molar-refractivity contribution in [2.24, 2.45) is 17.6 Å². The predicted octanol–water partition coefficient (Wildman–Crippen LogP) is 0.0188. The number of methoxy groups -OCH3 is 1. The van der Waals surface area contributed by atoms with Crippen molar-refractivity contribution in [3.8, 4) is 0 Å². The van der Waals surface area contributed by atoms with Crippen LogP contribution in [0.15, 0.2) is 0 Å². The summed E-state index contributed by atoms with van der Waals surface area (Å²) in [6.07, 6.45) is 3.70. The second-order valence-corrected chi connectivity index (χ2v) is 5.26. The smallest absolute Gasteiger partial charge is 0.237 e. The Hall–Kier alpha value is -1.14. The molecule has 0 aliphatic heterocycles. The zero-order chi connectivity index (χ0) is 15.0. The molecular formula is C14H27N3O3. The van der Waals surface area contributed by atoms with Crippen molar-refractivity contribution >= 4 is 11.8 Å². The Labute approximate surface area is 120 Å². The van der Waals surface area contributed by atoms with E-state index in [0.717, 1.165) is 25.7 Å². The molecule has 0 bridgehead atoms. The third kappa shape index (κ3) is 4.76. The number of nitrogens with two attached hydrogens (primary N) is 1. The van der Waals surface area contributed by atoms with Gasteiger partial charge in [0.2, 0.25) is 11.8 Å². The number of carbonyl (C=O) groups excluding carboxylic acids is 2. The SMILES string of the molecule is CCNC(=O)C1CCCCC1C(N)C(=O)NCCOC. The van der Waals surface area contributed by atoms with Gasteiger partial charge in [0.25, 0.3) is 0 Å². The number of carbonyl (C=O) groups is 2. The van der Waals surface area contributed by atoms with Crippen LogP contribution in [-0.2, 0) is 14.3 Å². The molecule has 1 aliphatic carbocycles. The molecule has 1 saturated carbocycles. The summed E-state index contributed by atoms with van der Waals surface area (Å²) in [7, 11) is 1.58. The minimum atomic E-state index is -0.625. The van der Waals surface area contributed by atoms with Crippen molar-refractivity contribution in [3.05, 3.63) is 0 Å². The molecule has 0 spiro atoms. The summed E-state index contributed by atoms with van der Waals surface area (Å²) in [5, 5.41) is 5.60. The number of rotatable bonds is 7. The van der Waals surface area contributed by atoms with E-state index in [9.17, 15) is 9.59 Å². The topological polar surface area (TPSA) is 93.5 Å². The van der Waals surface area contributed by atoms with Gasteiger partial charge in [0.1, 0.15) is 0 Å². The molecule has 4 N–H and O–H groups in total. The fourth-order valence-electron chi connectivity index (χ4n) is 2.81. The maximum Gasteiger partial charge on any atom is 0.237 e. The lowest BCUT2D eigenvalue weighted by Gasteiger charge is -2.33. The summed E-state index contributed by atoms with van der Waals surface area (Å²) >= 11 is 0. The van der Waals surface area contributed by atoms with Crippen molar-refractivity contribution in [1.82, 2.24) is 10.6 Å². The summed E-state index contributed by atoms with van der Waals surface area (Å²) in [4.78, 5) is 24.1. The van der Waals surface area contributed by atoms with E-state index in [1.165, 1.54) is 0 Å². The first kappa shape index (κ1) is 16.9. The Kier molecular flexibility index (Phi) is 7.54. The van der Waals surface area contributed by atoms with Gasteiger partial charge < -0.3 is 21.1 Å². The van der Waals surface area contributed by atoms with Crippen molar-refractivity contribution in [1.29, 1.82) is 0 Å². The van der Waals surface area contributed by atoms with Gasteiger partial charge in [0.05, 0.1) is 12.6 Å². The van der Waals surface area contributed by atoms with Crippen LogP contribution < -0.4 is 16.4 Å². The average Bonchev–Trinajstić information content (AvgIpc) is 2.47. The van der Waals surface area contributed by atoms with Crippen molar-refractivity contribution < 1.29 is 14.3 Å². The molecule has 0 saturated heterocycles. The highest BCUT2D eigenvalue weighted by Gasteiger charge is 2.37. The third-order valence-electron chi connectivity index (χ3n) is 3.88. The van der Waals surface area contributed by atoms with E-state index < -0.39 is 6.04 Å². The number of hydrogen-bond acceptors (Lipinski definition) is 4. The fourth-order valence-corrected chi connectivity index (χ4v) is 2.81. The summed E-state index contributed by atoms with van der Waals surface area (Å²) in [6.45, 7) is 3.41. The van der Waals surface area contributed by atoms with Crippen molar-refractivity contribution in [2.75, 3.05) is 26.8 Å². The standard InChI is InChI=1S/C14H27N3O3/c1-3-16-13(18)11-7-5-4-6-10(11)12(15)14(19)17-8-9-20-2/h10-12H,3-9,15H2,1-2H3,(H,16,18)(H,17,19). The van der Waals surface area contributed by atoms with Crippen LogP contribution in [0.25, 0.3) is 0 Å². The normalized spacial score (nSPS) is 23.9. The molecule has 6 heteroatoms. The van der Waals surface area contributed by atoms with Crippen LogP contribution in [0.2, 0.25) is 0 Å². The van der Waals surface area contributed by atoms with Crippen LogP contribution in [0.3, 0.4) is 0 Å². The van der Waals surface area contributed by atoms with Crippen LogP contribution in [0.1, 0.15) is 32.6 Å². The molecule has 3 unspecified atom stereocenters. The third-order valence-corrected chi connectivity index (χ3v) is 3.88. The van der Waals surface area contributed by atoms with Gasteiger partial charge in [-0.2, -0.15) is 0 Å². The van der Waals surface area contributed by atoms with Gasteiger partial charge >= 0.3 is 0 Å². The Morgan fingerprint density at radius 2 is 2.00 bits per heavy atom. The first-order chi connectivity index (χ1) is 9.61. The Morgan fingerprint density at radius 1 is 1.30 bits per heavy atom. The molecule has 0 aromatic carbocycles. The van der Waals surface area contributed by atoms with Crippen LogP contribution >= 0.6 is 0 Å². The minimum Gasteiger partial charge on any atom is -0.383 e. The largest absolute Gasteiger partial charge is 0.383 e. The maximum absolute atomic E-state index is 12.1. The maximum atomic E-state index is 12.1. The molecule has 1 fully saturated rings. The number of ether oxygens (including phenoxy) is 1. The number of amides is 2. The van der Waals surface area contributed by atoms with Gasteiger partial charge in [-0.15, -0.1) is 0 Å². The van der Waals surface area contributed by atoms with Gasteiger partial charge in [0.15, 0.2) is 0 Å². The van der Waals surface area contributed by atoms with Gasteiger partial charge in [0, 0.05) is 26.1 Å². The lowest BCUT2D eigenvalue weighted by Crippen LogP contribution is -2.51. The van der Waals surface area contributed by atoms with Gasteiger partial charge in [-0.1, -0.05) is 12.8 Å². The van der Waals surface area contributed by atoms with Crippen LogP contribution in [-0.4, -0.2) is 44.7 Å². The van der Waals surface area contributed by atoms with Crippen LogP contribution in [0, 0.1) is 11.8 Å². The number of hydrogen-bond donors (Lipinski definition) is 3. The van der Waals surface area contributed by atoms with Crippen molar-refractivity contribution in [3.63, 3.8) is 0 Å². The molecule has 2 amide bonds. The summed E-state index contributed by atoms with van der Waals surface area (Å²) in [5.41, 5.74) is 6.07. The molecule has 116 valence electrons. The minimum absolute atomic E-state index is 0.0253. The second-order valence-electron chi connectivity index (χ2n) is 5.26. The first-order valence-electron chi connectivity index (χ1n) is 7.41. The van der Waals surface area contributed by atoms with E-state index in [1.807, 2.05) is 6.92 Å². The van der Waals surface area contributed by atoms with E-state index in [4.69, 9.17) is 10.5 Å². The molecule has 20 heavy (non-hydrogen) atoms. The average molecular weight is 285 g/mol. The van der Waals surface area contributed by atoms with E-state index in [0.29, 0.717) is 19.7 Å². The molecule has 1 aliphatic rings. The van der Waals surface area contributed by atoms with Crippen LogP contribution in [0.4, 0.5) is 0 Å². The van der Waals surface area contributed by atoms with Crippen molar-refractivity contribution in [2.45, 2.75) is 38.6 Å². The molecule has 6 nitrogen and oxygen atoms in total. The Morgan fingerprint density at radius 3 is 2.65 bits per heavy atom. The van der Waals surface area contributed by atoms with E-state index in [2.05, 4.69) is 10.6 Å². The lowest BCUT2D eigenvalue weighted by molar-refractivity contribution is -0.130. The highest BCUT2D eigenvalue weighted by molar-refractivity contribution is 5.84. The predicted molar refractivity (Wildman–Crippen MR) is 77.0 cm³/mol. The van der Waals surface area contributed by atoms with E-state index >= 15 is 0 Å². The molecule has 0 heterocycles. The van der Waals surface area contributed by atoms with Gasteiger partial charge in [-0.3, -0.25) is 9.59 Å². The quantitative estimate of drug-likeness (QED) is 0.575. The highest BCUT2D eigenvalue weighted by atomic mass is 16.5. The monoisotopic (exact) mass is 285 g/mol. The number of nitrogens with one attached hydrogen (secondary N) is 2. The van der Waals surface area contributed by atoms with Gasteiger partial charge in [-0.05, 0) is 25.7 Å². The molecule has 0 radical (unpaired) electrons. The molecule has 0 aromatic heterocycles. The highest BCUT2D eigenvalue weighted by Crippen LogP contribution is 2.32. The molecule has 1 rings (SSSR count). The van der Waals surface area contributed by atoms with Crippen LogP contribution in [0.5, 0.6) is 0 Å². The Balaban J connectivity index is 2.59. The zero-order valence-corrected chi connectivity index (χ0v) is 12.5. The van der Waals surface area contributed by atoms with E-state index in [1.54, 1.807) is 7.11 Å². The first-order valence-corrected chi connectivity index (χ1v) is 7.41. The molecule has 0 aromatic rings. The summed E-state index contributed by atoms with van der Waals surface area (Å²) in [5.74, 6) is -0.384. The summed E-state index contributed by atoms with van der Waals surface area (Å²) < 4.78 is 4.89. The fraction of sp³-hybridized carbons (Fsp3) is 0.857. The lowest BCUT2D eigenvalue weighted by atomic mass is 9.74. The zero-order valence-electron chi connectivity index (χ0n) is 12.5. The van der Waals surface area contributed by atoms with Gasteiger partial charge in [-0.25, -0.2) is 0 Å². The molecular weight excluding hydrogens is 258 g/mol. The van der Waals surface area contributed by atoms with E-state index in [-0.39, 0.29) is 23.7 Å². The Bertz CT molecular complexity index is 323. The summed E-state index contributed by atoms with van der Waals surface area (Å²) in [6, 6.07) is -0.625. The molecule has 3 atom stereocenters. The second kappa shape index (κ2) is 8.92.